The molecule has 1 N–H and O–H groups in total. The lowest BCUT2D eigenvalue weighted by Crippen LogP contribution is -2.53. The van der Waals surface area contributed by atoms with Crippen molar-refractivity contribution in [3.63, 3.8) is 0 Å². The highest BCUT2D eigenvalue weighted by Gasteiger charge is 2.26. The minimum absolute atomic E-state index is 0.274. The third-order valence-electron chi connectivity index (χ3n) is 4.18. The highest BCUT2D eigenvalue weighted by Crippen LogP contribution is 2.27. The summed E-state index contributed by atoms with van der Waals surface area (Å²) in [5.74, 6) is 0. The van der Waals surface area contributed by atoms with Gasteiger partial charge in [-0.2, -0.15) is 0 Å². The van der Waals surface area contributed by atoms with Crippen molar-refractivity contribution in [3.8, 4) is 0 Å². The molecular formula is C17H28BrN3. The van der Waals surface area contributed by atoms with Crippen LogP contribution in [0.5, 0.6) is 0 Å². The lowest BCUT2D eigenvalue weighted by molar-refractivity contribution is 0.128. The molecule has 118 valence electrons. The zero-order valence-electron chi connectivity index (χ0n) is 13.7. The van der Waals surface area contributed by atoms with Gasteiger partial charge in [0.2, 0.25) is 0 Å². The number of rotatable bonds is 4. The van der Waals surface area contributed by atoms with Gasteiger partial charge in [0, 0.05) is 48.4 Å². The SMILES string of the molecule is CCNCc1ccc(Br)cc1N1CCN(C(C)(C)C)CC1. The lowest BCUT2D eigenvalue weighted by Gasteiger charge is -2.43. The molecule has 0 spiro atoms. The summed E-state index contributed by atoms with van der Waals surface area (Å²) in [5.41, 5.74) is 3.04. The molecular weight excluding hydrogens is 326 g/mol. The van der Waals surface area contributed by atoms with E-state index in [1.54, 1.807) is 0 Å². The summed E-state index contributed by atoms with van der Waals surface area (Å²) in [6, 6.07) is 6.64. The van der Waals surface area contributed by atoms with Gasteiger partial charge in [-0.15, -0.1) is 0 Å². The Labute approximate surface area is 137 Å². The van der Waals surface area contributed by atoms with Crippen LogP contribution in [0.1, 0.15) is 33.3 Å². The molecule has 1 fully saturated rings. The molecule has 0 aliphatic carbocycles. The highest BCUT2D eigenvalue weighted by molar-refractivity contribution is 9.10. The van der Waals surface area contributed by atoms with Gasteiger partial charge in [0.15, 0.2) is 0 Å². The number of benzene rings is 1. The van der Waals surface area contributed by atoms with Gasteiger partial charge in [0.05, 0.1) is 0 Å². The van der Waals surface area contributed by atoms with Gasteiger partial charge in [0.1, 0.15) is 0 Å². The van der Waals surface area contributed by atoms with Crippen LogP contribution in [-0.4, -0.2) is 43.2 Å². The van der Waals surface area contributed by atoms with Gasteiger partial charge in [0.25, 0.3) is 0 Å². The lowest BCUT2D eigenvalue weighted by atomic mass is 10.0. The van der Waals surface area contributed by atoms with E-state index in [4.69, 9.17) is 0 Å². The van der Waals surface area contributed by atoms with Gasteiger partial charge in [-0.05, 0) is 45.0 Å². The Morgan fingerprint density at radius 2 is 1.81 bits per heavy atom. The normalized spacial score (nSPS) is 17.3. The number of piperazine rings is 1. The van der Waals surface area contributed by atoms with Crippen molar-refractivity contribution in [1.82, 2.24) is 10.2 Å². The van der Waals surface area contributed by atoms with Crippen LogP contribution in [0.4, 0.5) is 5.69 Å². The van der Waals surface area contributed by atoms with Crippen molar-refractivity contribution in [2.45, 2.75) is 39.8 Å². The van der Waals surface area contributed by atoms with Crippen LogP contribution in [0, 0.1) is 0 Å². The standard InChI is InChI=1S/C17H28BrN3/c1-5-19-13-14-6-7-15(18)12-16(14)20-8-10-21(11-9-20)17(2,3)4/h6-7,12,19H,5,8-11,13H2,1-4H3. The molecule has 1 saturated heterocycles. The molecule has 1 aliphatic heterocycles. The van der Waals surface area contributed by atoms with Gasteiger partial charge >= 0.3 is 0 Å². The predicted molar refractivity (Wildman–Crippen MR) is 95.1 cm³/mol. The molecule has 0 atom stereocenters. The fourth-order valence-electron chi connectivity index (χ4n) is 2.86. The average molecular weight is 354 g/mol. The Morgan fingerprint density at radius 1 is 1.14 bits per heavy atom. The molecule has 1 aromatic rings. The smallest absolute Gasteiger partial charge is 0.0424 e. The summed E-state index contributed by atoms with van der Waals surface area (Å²) in [5, 5.41) is 3.44. The molecule has 1 heterocycles. The molecule has 0 amide bonds. The molecule has 1 aromatic carbocycles. The van der Waals surface area contributed by atoms with Crippen molar-refractivity contribution in [2.75, 3.05) is 37.6 Å². The Morgan fingerprint density at radius 3 is 2.38 bits per heavy atom. The molecule has 0 radical (unpaired) electrons. The van der Waals surface area contributed by atoms with Crippen molar-refractivity contribution in [1.29, 1.82) is 0 Å². The summed E-state index contributed by atoms with van der Waals surface area (Å²) >= 11 is 3.62. The van der Waals surface area contributed by atoms with E-state index in [2.05, 4.69) is 76.9 Å². The molecule has 4 heteroatoms. The monoisotopic (exact) mass is 353 g/mol. The van der Waals surface area contributed by atoms with E-state index in [-0.39, 0.29) is 5.54 Å². The first kappa shape index (κ1) is 16.8. The van der Waals surface area contributed by atoms with Crippen molar-refractivity contribution >= 4 is 21.6 Å². The molecule has 0 aromatic heterocycles. The van der Waals surface area contributed by atoms with Crippen LogP contribution in [0.25, 0.3) is 0 Å². The molecule has 0 bridgehead atoms. The van der Waals surface area contributed by atoms with Crippen LogP contribution >= 0.6 is 15.9 Å². The Bertz CT molecular complexity index is 460. The largest absolute Gasteiger partial charge is 0.369 e. The first-order valence-electron chi connectivity index (χ1n) is 7.91. The zero-order valence-corrected chi connectivity index (χ0v) is 15.3. The van der Waals surface area contributed by atoms with Crippen LogP contribution in [0.3, 0.4) is 0 Å². The number of anilines is 1. The third kappa shape index (κ3) is 4.44. The van der Waals surface area contributed by atoms with E-state index in [1.165, 1.54) is 11.3 Å². The Hall–Kier alpha value is -0.580. The van der Waals surface area contributed by atoms with Crippen molar-refractivity contribution < 1.29 is 0 Å². The summed E-state index contributed by atoms with van der Waals surface area (Å²) in [4.78, 5) is 5.10. The second kappa shape index (κ2) is 7.12. The van der Waals surface area contributed by atoms with Gasteiger partial charge < -0.3 is 10.2 Å². The van der Waals surface area contributed by atoms with Crippen LogP contribution in [-0.2, 0) is 6.54 Å². The molecule has 0 unspecified atom stereocenters. The molecule has 0 saturated carbocycles. The van der Waals surface area contributed by atoms with Crippen LogP contribution < -0.4 is 10.2 Å². The number of halogens is 1. The van der Waals surface area contributed by atoms with Crippen LogP contribution in [0.15, 0.2) is 22.7 Å². The molecule has 3 nitrogen and oxygen atoms in total. The molecule has 2 rings (SSSR count). The Kier molecular flexibility index (Phi) is 5.69. The van der Waals surface area contributed by atoms with E-state index in [9.17, 15) is 0 Å². The second-order valence-corrected chi connectivity index (χ2v) is 7.61. The topological polar surface area (TPSA) is 18.5 Å². The van der Waals surface area contributed by atoms with E-state index < -0.39 is 0 Å². The number of hydrogen-bond acceptors (Lipinski definition) is 3. The number of nitrogens with one attached hydrogen (secondary N) is 1. The Balaban J connectivity index is 2.10. The third-order valence-corrected chi connectivity index (χ3v) is 4.68. The first-order valence-corrected chi connectivity index (χ1v) is 8.70. The van der Waals surface area contributed by atoms with Crippen molar-refractivity contribution in [3.05, 3.63) is 28.2 Å². The highest BCUT2D eigenvalue weighted by atomic mass is 79.9. The fourth-order valence-corrected chi connectivity index (χ4v) is 3.21. The summed E-state index contributed by atoms with van der Waals surface area (Å²) < 4.78 is 1.16. The molecule has 1 aliphatic rings. The summed E-state index contributed by atoms with van der Waals surface area (Å²) in [6.45, 7) is 15.5. The zero-order chi connectivity index (χ0) is 15.5. The average Bonchev–Trinajstić information content (AvgIpc) is 2.45. The van der Waals surface area contributed by atoms with E-state index in [1.807, 2.05) is 0 Å². The van der Waals surface area contributed by atoms with E-state index >= 15 is 0 Å². The quantitative estimate of drug-likeness (QED) is 0.893. The van der Waals surface area contributed by atoms with Crippen molar-refractivity contribution in [2.24, 2.45) is 0 Å². The predicted octanol–water partition coefficient (Wildman–Crippen LogP) is 3.48. The minimum Gasteiger partial charge on any atom is -0.369 e. The van der Waals surface area contributed by atoms with Gasteiger partial charge in [-0.25, -0.2) is 0 Å². The second-order valence-electron chi connectivity index (χ2n) is 6.70. The summed E-state index contributed by atoms with van der Waals surface area (Å²) in [6.07, 6.45) is 0. The fraction of sp³-hybridized carbons (Fsp3) is 0.647. The van der Waals surface area contributed by atoms with Gasteiger partial charge in [-0.1, -0.05) is 28.9 Å². The maximum Gasteiger partial charge on any atom is 0.0424 e. The van der Waals surface area contributed by atoms with Gasteiger partial charge in [-0.3, -0.25) is 4.90 Å². The van der Waals surface area contributed by atoms with E-state index in [0.717, 1.165) is 43.7 Å². The maximum absolute atomic E-state index is 3.62. The first-order chi connectivity index (χ1) is 9.91. The minimum atomic E-state index is 0.274. The molecule has 21 heavy (non-hydrogen) atoms. The number of hydrogen-bond donors (Lipinski definition) is 1. The number of nitrogens with zero attached hydrogens (tertiary/aromatic N) is 2. The summed E-state index contributed by atoms with van der Waals surface area (Å²) in [7, 11) is 0. The maximum atomic E-state index is 3.62. The van der Waals surface area contributed by atoms with Crippen LogP contribution in [0.2, 0.25) is 0 Å². The van der Waals surface area contributed by atoms with E-state index in [0.29, 0.717) is 0 Å².